The van der Waals surface area contributed by atoms with E-state index in [4.69, 9.17) is 0 Å². The van der Waals surface area contributed by atoms with Gasteiger partial charge in [-0.05, 0) is 35.3 Å². The molecule has 0 aromatic carbocycles. The molecule has 0 aliphatic heterocycles. The lowest BCUT2D eigenvalue weighted by molar-refractivity contribution is 0.0942. The molecule has 7 heteroatoms. The molecule has 1 N–H and O–H groups in total. The molecule has 2 rings (SSSR count). The van der Waals surface area contributed by atoms with Crippen molar-refractivity contribution in [2.75, 3.05) is 6.54 Å². The standard InChI is InChI=1S/C12H16BrN5O/c1-9-10(13)11(17(2)16-9)12(19)14-5-3-7-18-8-4-6-15-18/h4,6,8H,3,5,7H2,1-2H3,(H,14,19). The van der Waals surface area contributed by atoms with Gasteiger partial charge in [-0.3, -0.25) is 14.2 Å². The number of nitrogens with one attached hydrogen (secondary N) is 1. The van der Waals surface area contributed by atoms with E-state index in [1.54, 1.807) is 17.9 Å². The minimum Gasteiger partial charge on any atom is -0.351 e. The Balaban J connectivity index is 1.84. The van der Waals surface area contributed by atoms with Gasteiger partial charge in [0.15, 0.2) is 0 Å². The lowest BCUT2D eigenvalue weighted by Gasteiger charge is -2.06. The zero-order valence-corrected chi connectivity index (χ0v) is 12.5. The molecule has 102 valence electrons. The summed E-state index contributed by atoms with van der Waals surface area (Å²) < 4.78 is 4.18. The van der Waals surface area contributed by atoms with E-state index in [9.17, 15) is 4.79 Å². The third-order valence-electron chi connectivity index (χ3n) is 2.77. The number of carbonyl (C=O) groups excluding carboxylic acids is 1. The van der Waals surface area contributed by atoms with Crippen molar-refractivity contribution in [2.24, 2.45) is 7.05 Å². The van der Waals surface area contributed by atoms with Crippen molar-refractivity contribution in [3.63, 3.8) is 0 Å². The van der Waals surface area contributed by atoms with E-state index in [-0.39, 0.29) is 5.91 Å². The normalized spacial score (nSPS) is 10.7. The minimum absolute atomic E-state index is 0.115. The summed E-state index contributed by atoms with van der Waals surface area (Å²) in [5, 5.41) is 11.2. The molecule has 0 atom stereocenters. The van der Waals surface area contributed by atoms with E-state index < -0.39 is 0 Å². The molecule has 0 saturated carbocycles. The van der Waals surface area contributed by atoms with Crippen molar-refractivity contribution in [2.45, 2.75) is 19.9 Å². The highest BCUT2D eigenvalue weighted by atomic mass is 79.9. The van der Waals surface area contributed by atoms with Gasteiger partial charge in [-0.25, -0.2) is 0 Å². The zero-order chi connectivity index (χ0) is 13.8. The summed E-state index contributed by atoms with van der Waals surface area (Å²) in [6, 6.07) is 1.88. The second-order valence-corrected chi connectivity index (χ2v) is 5.04. The molecule has 0 fully saturated rings. The molecule has 0 bridgehead atoms. The van der Waals surface area contributed by atoms with Crippen LogP contribution in [0.2, 0.25) is 0 Å². The number of nitrogens with zero attached hydrogens (tertiary/aromatic N) is 4. The molecule has 2 aromatic heterocycles. The van der Waals surface area contributed by atoms with Crippen LogP contribution >= 0.6 is 15.9 Å². The average molecular weight is 326 g/mol. The molecular weight excluding hydrogens is 310 g/mol. The number of amides is 1. The second-order valence-electron chi connectivity index (χ2n) is 4.25. The molecule has 6 nitrogen and oxygen atoms in total. The minimum atomic E-state index is -0.115. The monoisotopic (exact) mass is 325 g/mol. The van der Waals surface area contributed by atoms with Gasteiger partial charge in [0.05, 0.1) is 10.2 Å². The fourth-order valence-electron chi connectivity index (χ4n) is 1.84. The highest BCUT2D eigenvalue weighted by molar-refractivity contribution is 9.10. The van der Waals surface area contributed by atoms with Crippen LogP contribution in [0.4, 0.5) is 0 Å². The first-order valence-electron chi connectivity index (χ1n) is 6.04. The van der Waals surface area contributed by atoms with Crippen LogP contribution in [0, 0.1) is 6.92 Å². The van der Waals surface area contributed by atoms with Crippen LogP contribution in [0.3, 0.4) is 0 Å². The van der Waals surface area contributed by atoms with Crippen molar-refractivity contribution in [1.29, 1.82) is 0 Å². The highest BCUT2D eigenvalue weighted by Crippen LogP contribution is 2.19. The van der Waals surface area contributed by atoms with E-state index in [1.807, 2.05) is 23.9 Å². The summed E-state index contributed by atoms with van der Waals surface area (Å²) in [6.45, 7) is 3.26. The van der Waals surface area contributed by atoms with Crippen LogP contribution in [0.5, 0.6) is 0 Å². The first-order valence-corrected chi connectivity index (χ1v) is 6.83. The first-order chi connectivity index (χ1) is 9.09. The molecule has 0 aliphatic carbocycles. The molecule has 2 aromatic rings. The highest BCUT2D eigenvalue weighted by Gasteiger charge is 2.17. The number of hydrogen-bond donors (Lipinski definition) is 1. The topological polar surface area (TPSA) is 64.7 Å². The molecule has 2 heterocycles. The van der Waals surface area contributed by atoms with Crippen molar-refractivity contribution >= 4 is 21.8 Å². The van der Waals surface area contributed by atoms with Crippen LogP contribution in [0.15, 0.2) is 22.9 Å². The number of aromatic nitrogens is 4. The molecule has 1 amide bonds. The lowest BCUT2D eigenvalue weighted by Crippen LogP contribution is -2.27. The first kappa shape index (κ1) is 13.8. The van der Waals surface area contributed by atoms with Crippen LogP contribution in [0.25, 0.3) is 0 Å². The van der Waals surface area contributed by atoms with Gasteiger partial charge in [-0.1, -0.05) is 0 Å². The molecule has 0 radical (unpaired) electrons. The van der Waals surface area contributed by atoms with Crippen LogP contribution in [-0.4, -0.2) is 32.0 Å². The third-order valence-corrected chi connectivity index (χ3v) is 3.72. The van der Waals surface area contributed by atoms with Crippen molar-refractivity contribution in [1.82, 2.24) is 24.9 Å². The number of carbonyl (C=O) groups is 1. The number of hydrogen-bond acceptors (Lipinski definition) is 3. The van der Waals surface area contributed by atoms with Crippen molar-refractivity contribution in [3.8, 4) is 0 Å². The quantitative estimate of drug-likeness (QED) is 0.847. The SMILES string of the molecule is Cc1nn(C)c(C(=O)NCCCn2cccn2)c1Br. The predicted octanol–water partition coefficient (Wildman–Crippen LogP) is 1.51. The van der Waals surface area contributed by atoms with Crippen molar-refractivity contribution in [3.05, 3.63) is 34.3 Å². The van der Waals surface area contributed by atoms with E-state index in [0.717, 1.165) is 23.1 Å². The van der Waals surface area contributed by atoms with Gasteiger partial charge in [0, 0.05) is 32.5 Å². The summed E-state index contributed by atoms with van der Waals surface area (Å²) in [6.07, 6.45) is 4.48. The van der Waals surface area contributed by atoms with Gasteiger partial charge in [0.1, 0.15) is 5.69 Å². The molecule has 0 unspecified atom stereocenters. The second kappa shape index (κ2) is 6.01. The molecular formula is C12H16BrN5O. The molecule has 0 saturated heterocycles. The average Bonchev–Trinajstić information content (AvgIpc) is 2.95. The fourth-order valence-corrected chi connectivity index (χ4v) is 2.35. The fraction of sp³-hybridized carbons (Fsp3) is 0.417. The van der Waals surface area contributed by atoms with E-state index in [2.05, 4.69) is 31.4 Å². The van der Waals surface area contributed by atoms with Gasteiger partial charge in [-0.2, -0.15) is 10.2 Å². The Morgan fingerprint density at radius 2 is 2.32 bits per heavy atom. The van der Waals surface area contributed by atoms with Gasteiger partial charge < -0.3 is 5.32 Å². The molecule has 0 spiro atoms. The maximum Gasteiger partial charge on any atom is 0.270 e. The summed E-state index contributed by atoms with van der Waals surface area (Å²) in [7, 11) is 1.76. The van der Waals surface area contributed by atoms with Crippen LogP contribution < -0.4 is 5.32 Å². The summed E-state index contributed by atoms with van der Waals surface area (Å²) >= 11 is 3.38. The van der Waals surface area contributed by atoms with E-state index in [0.29, 0.717) is 12.2 Å². The van der Waals surface area contributed by atoms with Crippen LogP contribution in [0.1, 0.15) is 22.6 Å². The van der Waals surface area contributed by atoms with Crippen LogP contribution in [-0.2, 0) is 13.6 Å². The number of halogens is 1. The third kappa shape index (κ3) is 3.23. The Labute approximate surface area is 119 Å². The lowest BCUT2D eigenvalue weighted by atomic mass is 10.3. The Bertz CT molecular complexity index is 561. The summed E-state index contributed by atoms with van der Waals surface area (Å²) in [5.74, 6) is -0.115. The Morgan fingerprint density at radius 1 is 1.53 bits per heavy atom. The Morgan fingerprint density at radius 3 is 2.89 bits per heavy atom. The maximum absolute atomic E-state index is 12.0. The smallest absolute Gasteiger partial charge is 0.270 e. The largest absolute Gasteiger partial charge is 0.351 e. The summed E-state index contributed by atoms with van der Waals surface area (Å²) in [4.78, 5) is 12.0. The number of aryl methyl sites for hydroxylation is 3. The van der Waals surface area contributed by atoms with E-state index >= 15 is 0 Å². The van der Waals surface area contributed by atoms with Crippen molar-refractivity contribution < 1.29 is 4.79 Å². The van der Waals surface area contributed by atoms with Gasteiger partial charge in [0.25, 0.3) is 5.91 Å². The van der Waals surface area contributed by atoms with E-state index in [1.165, 1.54) is 0 Å². The maximum atomic E-state index is 12.0. The summed E-state index contributed by atoms with van der Waals surface area (Å²) in [5.41, 5.74) is 1.36. The Hall–Kier alpha value is -1.63. The molecule has 19 heavy (non-hydrogen) atoms. The predicted molar refractivity (Wildman–Crippen MR) is 74.8 cm³/mol. The Kier molecular flexibility index (Phi) is 4.36. The van der Waals surface area contributed by atoms with Gasteiger partial charge >= 0.3 is 0 Å². The zero-order valence-electron chi connectivity index (χ0n) is 10.9. The van der Waals surface area contributed by atoms with Gasteiger partial charge in [0.2, 0.25) is 0 Å². The number of rotatable bonds is 5. The molecule has 0 aliphatic rings. The van der Waals surface area contributed by atoms with Gasteiger partial charge in [-0.15, -0.1) is 0 Å².